The summed E-state index contributed by atoms with van der Waals surface area (Å²) in [7, 11) is 0. The number of amides is 1. The fraction of sp³-hybridized carbons (Fsp3) is 0.385. The first-order valence-electron chi connectivity index (χ1n) is 5.70. The van der Waals surface area contributed by atoms with Crippen LogP contribution in [-0.2, 0) is 4.79 Å². The van der Waals surface area contributed by atoms with Crippen LogP contribution in [0, 0.1) is 11.8 Å². The predicted molar refractivity (Wildman–Crippen MR) is 82.0 cm³/mol. The molecule has 3 nitrogen and oxygen atoms in total. The van der Waals surface area contributed by atoms with Crippen LogP contribution in [0.25, 0.3) is 0 Å². The molecule has 3 N–H and O–H groups in total. The number of carbonyl (C=O) groups is 1. The van der Waals surface area contributed by atoms with E-state index in [0.29, 0.717) is 0 Å². The van der Waals surface area contributed by atoms with Crippen LogP contribution in [0.1, 0.15) is 13.8 Å². The Balaban J connectivity index is 2.89. The van der Waals surface area contributed by atoms with Crippen molar-refractivity contribution in [1.29, 1.82) is 0 Å². The highest BCUT2D eigenvalue weighted by Gasteiger charge is 2.25. The number of anilines is 1. The average molecular weight is 282 g/mol. The molecule has 0 fully saturated rings. The second kappa shape index (κ2) is 6.75. The van der Waals surface area contributed by atoms with Gasteiger partial charge >= 0.3 is 0 Å². The van der Waals surface area contributed by atoms with E-state index in [1.54, 1.807) is 11.8 Å². The molecule has 1 rings (SSSR count). The zero-order valence-electron chi connectivity index (χ0n) is 10.8. The van der Waals surface area contributed by atoms with Crippen LogP contribution in [0.5, 0.6) is 0 Å². The van der Waals surface area contributed by atoms with E-state index in [9.17, 15) is 4.79 Å². The predicted octanol–water partition coefficient (Wildman–Crippen LogP) is 2.91. The van der Waals surface area contributed by atoms with Gasteiger partial charge in [0.1, 0.15) is 0 Å². The molecule has 0 radical (unpaired) electrons. The van der Waals surface area contributed by atoms with Crippen LogP contribution in [0.3, 0.4) is 0 Å². The van der Waals surface area contributed by atoms with E-state index in [0.717, 1.165) is 10.6 Å². The molecule has 0 aliphatic heterocycles. The Hall–Kier alpha value is -1.07. The van der Waals surface area contributed by atoms with Gasteiger partial charge in [-0.15, -0.1) is 11.8 Å². The number of hydrogen-bond acceptors (Lipinski definition) is 3. The molecule has 0 spiro atoms. The lowest BCUT2D eigenvalue weighted by Crippen LogP contribution is -2.36. The second-order valence-electron chi connectivity index (χ2n) is 4.31. The van der Waals surface area contributed by atoms with Crippen LogP contribution in [0.15, 0.2) is 29.2 Å². The van der Waals surface area contributed by atoms with Crippen molar-refractivity contribution in [2.45, 2.75) is 18.7 Å². The van der Waals surface area contributed by atoms with Crippen molar-refractivity contribution in [3.8, 4) is 0 Å². The number of benzene rings is 1. The molecule has 1 aromatic carbocycles. The molecule has 0 bridgehead atoms. The number of carbonyl (C=O) groups excluding carboxylic acids is 1. The first-order chi connectivity index (χ1) is 8.47. The molecule has 0 saturated carbocycles. The number of para-hydroxylation sites is 1. The highest BCUT2D eigenvalue weighted by atomic mass is 32.2. The molecule has 18 heavy (non-hydrogen) atoms. The number of nitrogens with one attached hydrogen (secondary N) is 1. The maximum atomic E-state index is 12.2. The Bertz CT molecular complexity index is 446. The molecule has 5 heteroatoms. The largest absolute Gasteiger partial charge is 0.393 e. The van der Waals surface area contributed by atoms with Crippen LogP contribution < -0.4 is 11.1 Å². The summed E-state index contributed by atoms with van der Waals surface area (Å²) in [5.41, 5.74) is 6.43. The van der Waals surface area contributed by atoms with Crippen molar-refractivity contribution in [2.75, 3.05) is 11.6 Å². The van der Waals surface area contributed by atoms with Crippen LogP contribution in [0.2, 0.25) is 0 Å². The number of nitrogens with two attached hydrogens (primary N) is 1. The quantitative estimate of drug-likeness (QED) is 0.644. The summed E-state index contributed by atoms with van der Waals surface area (Å²) >= 11 is 6.55. The van der Waals surface area contributed by atoms with Gasteiger partial charge in [0.2, 0.25) is 5.91 Å². The van der Waals surface area contributed by atoms with Crippen LogP contribution in [0.4, 0.5) is 5.69 Å². The number of rotatable bonds is 5. The van der Waals surface area contributed by atoms with Gasteiger partial charge < -0.3 is 11.1 Å². The molecule has 0 aromatic heterocycles. The molecule has 0 saturated heterocycles. The first-order valence-corrected chi connectivity index (χ1v) is 7.34. The number of hydrogen-bond donors (Lipinski definition) is 2. The lowest BCUT2D eigenvalue weighted by molar-refractivity contribution is -0.118. The van der Waals surface area contributed by atoms with Gasteiger partial charge in [-0.25, -0.2) is 0 Å². The Morgan fingerprint density at radius 1 is 1.39 bits per heavy atom. The molecule has 0 heterocycles. The Morgan fingerprint density at radius 3 is 2.50 bits per heavy atom. The van der Waals surface area contributed by atoms with Gasteiger partial charge in [0.05, 0.1) is 16.6 Å². The zero-order valence-corrected chi connectivity index (χ0v) is 12.4. The molecule has 98 valence electrons. The summed E-state index contributed by atoms with van der Waals surface area (Å²) in [5, 5.41) is 2.90. The summed E-state index contributed by atoms with van der Waals surface area (Å²) in [6.45, 7) is 3.87. The Kier molecular flexibility index (Phi) is 5.62. The fourth-order valence-corrected chi connectivity index (χ4v) is 2.65. The Labute approximate surface area is 118 Å². The minimum Gasteiger partial charge on any atom is -0.393 e. The SMILES string of the molecule is CSc1ccccc1NC(=O)C(C(N)=S)C(C)C. The van der Waals surface area contributed by atoms with Crippen LogP contribution >= 0.6 is 24.0 Å². The van der Waals surface area contributed by atoms with Crippen molar-refractivity contribution in [3.63, 3.8) is 0 Å². The van der Waals surface area contributed by atoms with Gasteiger partial charge in [0, 0.05) is 4.90 Å². The summed E-state index contributed by atoms with van der Waals surface area (Å²) in [5.74, 6) is -0.488. The summed E-state index contributed by atoms with van der Waals surface area (Å²) in [4.78, 5) is 13.4. The van der Waals surface area contributed by atoms with Gasteiger partial charge in [0.15, 0.2) is 0 Å². The smallest absolute Gasteiger partial charge is 0.234 e. The van der Waals surface area contributed by atoms with E-state index >= 15 is 0 Å². The molecular formula is C13H18N2OS2. The molecular weight excluding hydrogens is 264 g/mol. The van der Waals surface area contributed by atoms with E-state index in [1.165, 1.54) is 0 Å². The van der Waals surface area contributed by atoms with E-state index < -0.39 is 5.92 Å². The van der Waals surface area contributed by atoms with Gasteiger partial charge in [-0.05, 0) is 24.3 Å². The van der Waals surface area contributed by atoms with Gasteiger partial charge in [0.25, 0.3) is 0 Å². The molecule has 1 unspecified atom stereocenters. The normalized spacial score (nSPS) is 12.2. The van der Waals surface area contributed by atoms with E-state index in [2.05, 4.69) is 5.32 Å². The Morgan fingerprint density at radius 2 is 2.00 bits per heavy atom. The molecule has 0 aliphatic rings. The van der Waals surface area contributed by atoms with Crippen molar-refractivity contribution < 1.29 is 4.79 Å². The zero-order chi connectivity index (χ0) is 13.7. The van der Waals surface area contributed by atoms with E-state index in [-0.39, 0.29) is 16.8 Å². The summed E-state index contributed by atoms with van der Waals surface area (Å²) in [6, 6.07) is 7.67. The lowest BCUT2D eigenvalue weighted by Gasteiger charge is -2.19. The minimum atomic E-state index is -0.435. The standard InChI is InChI=1S/C13H18N2OS2/c1-8(2)11(12(14)17)13(16)15-9-6-4-5-7-10(9)18-3/h4-8,11H,1-3H3,(H2,14,17)(H,15,16). The summed E-state index contributed by atoms with van der Waals surface area (Å²) in [6.07, 6.45) is 1.97. The molecule has 1 atom stereocenters. The third-order valence-electron chi connectivity index (χ3n) is 2.62. The fourth-order valence-electron chi connectivity index (χ4n) is 1.72. The molecule has 1 amide bonds. The first kappa shape index (κ1) is 15.0. The van der Waals surface area contributed by atoms with Crippen molar-refractivity contribution in [3.05, 3.63) is 24.3 Å². The third kappa shape index (κ3) is 3.71. The molecule has 0 aliphatic carbocycles. The highest BCUT2D eigenvalue weighted by Crippen LogP contribution is 2.25. The number of thioether (sulfide) groups is 1. The van der Waals surface area contributed by atoms with Gasteiger partial charge in [-0.1, -0.05) is 38.2 Å². The monoisotopic (exact) mass is 282 g/mol. The number of thiocarbonyl (C=S) groups is 1. The maximum Gasteiger partial charge on any atom is 0.234 e. The lowest BCUT2D eigenvalue weighted by atomic mass is 9.95. The average Bonchev–Trinajstić information content (AvgIpc) is 2.28. The minimum absolute atomic E-state index is 0.0870. The van der Waals surface area contributed by atoms with Crippen molar-refractivity contribution in [1.82, 2.24) is 0 Å². The second-order valence-corrected chi connectivity index (χ2v) is 5.63. The maximum absolute atomic E-state index is 12.2. The summed E-state index contributed by atoms with van der Waals surface area (Å²) < 4.78 is 0. The molecule has 1 aromatic rings. The highest BCUT2D eigenvalue weighted by molar-refractivity contribution is 7.98. The van der Waals surface area contributed by atoms with Crippen molar-refractivity contribution >= 4 is 40.6 Å². The third-order valence-corrected chi connectivity index (χ3v) is 3.67. The van der Waals surface area contributed by atoms with E-state index in [1.807, 2.05) is 44.4 Å². The topological polar surface area (TPSA) is 55.1 Å². The van der Waals surface area contributed by atoms with Crippen LogP contribution in [-0.4, -0.2) is 17.2 Å². The van der Waals surface area contributed by atoms with E-state index in [4.69, 9.17) is 18.0 Å². The van der Waals surface area contributed by atoms with Gasteiger partial charge in [-0.3, -0.25) is 4.79 Å². The van der Waals surface area contributed by atoms with Crippen molar-refractivity contribution in [2.24, 2.45) is 17.6 Å². The van der Waals surface area contributed by atoms with Gasteiger partial charge in [-0.2, -0.15) is 0 Å².